The lowest BCUT2D eigenvalue weighted by Crippen LogP contribution is -2.45. The minimum absolute atomic E-state index is 0.378. The van der Waals surface area contributed by atoms with Gasteiger partial charge in [-0.1, -0.05) is 31.4 Å². The molecule has 0 amide bonds. The Bertz CT molecular complexity index is 475. The van der Waals surface area contributed by atoms with Gasteiger partial charge in [-0.3, -0.25) is 0 Å². The molecule has 3 unspecified atom stereocenters. The van der Waals surface area contributed by atoms with Crippen molar-refractivity contribution in [1.82, 2.24) is 5.32 Å². The van der Waals surface area contributed by atoms with Crippen LogP contribution in [0.15, 0.2) is 6.07 Å². The van der Waals surface area contributed by atoms with Gasteiger partial charge >= 0.3 is 0 Å². The summed E-state index contributed by atoms with van der Waals surface area (Å²) >= 11 is 7.87. The van der Waals surface area contributed by atoms with Gasteiger partial charge < -0.3 is 10.4 Å². The molecular formula is C16H24ClNOS. The van der Waals surface area contributed by atoms with Gasteiger partial charge in [-0.15, -0.1) is 11.3 Å². The predicted molar refractivity (Wildman–Crippen MR) is 85.6 cm³/mol. The summed E-state index contributed by atoms with van der Waals surface area (Å²) in [6, 6.07) is 2.50. The predicted octanol–water partition coefficient (Wildman–Crippen LogP) is 4.31. The summed E-state index contributed by atoms with van der Waals surface area (Å²) in [6.45, 7) is 2.97. The van der Waals surface area contributed by atoms with E-state index < -0.39 is 5.60 Å². The van der Waals surface area contributed by atoms with E-state index in [1.807, 2.05) is 0 Å². The Labute approximate surface area is 130 Å². The lowest BCUT2D eigenvalue weighted by molar-refractivity contribution is -0.0141. The van der Waals surface area contributed by atoms with Crippen molar-refractivity contribution >= 4 is 22.9 Å². The van der Waals surface area contributed by atoms with Crippen molar-refractivity contribution in [3.8, 4) is 0 Å². The maximum atomic E-state index is 10.7. The zero-order chi connectivity index (χ0) is 14.2. The van der Waals surface area contributed by atoms with Gasteiger partial charge in [0.2, 0.25) is 0 Å². The van der Waals surface area contributed by atoms with Crippen LogP contribution in [0.4, 0.5) is 0 Å². The number of hydrogen-bond donors (Lipinski definition) is 2. The Morgan fingerprint density at radius 2 is 2.30 bits per heavy atom. The van der Waals surface area contributed by atoms with E-state index in [9.17, 15) is 5.11 Å². The minimum atomic E-state index is -0.505. The molecule has 0 saturated heterocycles. The largest absolute Gasteiger partial charge is 0.389 e. The third kappa shape index (κ3) is 3.22. The summed E-state index contributed by atoms with van der Waals surface area (Å²) in [5.41, 5.74) is 0.869. The first-order chi connectivity index (χ1) is 9.56. The number of aryl methyl sites for hydroxylation is 1. The van der Waals surface area contributed by atoms with Crippen molar-refractivity contribution < 1.29 is 5.11 Å². The minimum Gasteiger partial charge on any atom is -0.389 e. The summed E-state index contributed by atoms with van der Waals surface area (Å²) in [6.07, 6.45) is 7.82. The van der Waals surface area contributed by atoms with Crippen LogP contribution in [0.2, 0.25) is 4.34 Å². The molecule has 0 aromatic carbocycles. The molecule has 1 aromatic rings. The summed E-state index contributed by atoms with van der Waals surface area (Å²) in [7, 11) is 0. The third-order valence-electron chi connectivity index (χ3n) is 4.83. The molecule has 112 valence electrons. The molecule has 2 N–H and O–H groups in total. The molecule has 3 atom stereocenters. The molecule has 0 aliphatic heterocycles. The average Bonchev–Trinajstić information content (AvgIpc) is 2.77. The van der Waals surface area contributed by atoms with Crippen LogP contribution in [-0.2, 0) is 6.42 Å². The molecule has 1 saturated carbocycles. The van der Waals surface area contributed by atoms with E-state index in [0.717, 1.165) is 43.0 Å². The zero-order valence-corrected chi connectivity index (χ0v) is 13.7. The highest BCUT2D eigenvalue weighted by atomic mass is 35.5. The van der Waals surface area contributed by atoms with E-state index in [1.165, 1.54) is 23.3 Å². The Balaban J connectivity index is 1.64. The molecule has 4 heteroatoms. The van der Waals surface area contributed by atoms with E-state index in [2.05, 4.69) is 18.3 Å². The summed E-state index contributed by atoms with van der Waals surface area (Å²) < 4.78 is 0.897. The molecule has 1 fully saturated rings. The number of hydrogen-bond acceptors (Lipinski definition) is 3. The number of aliphatic hydroxyl groups is 1. The molecule has 0 spiro atoms. The van der Waals surface area contributed by atoms with E-state index in [-0.39, 0.29) is 0 Å². The number of halogens is 1. The molecule has 2 aliphatic rings. The molecule has 2 aliphatic carbocycles. The first-order valence-electron chi connectivity index (χ1n) is 7.80. The zero-order valence-electron chi connectivity index (χ0n) is 12.1. The van der Waals surface area contributed by atoms with Crippen LogP contribution < -0.4 is 5.32 Å². The van der Waals surface area contributed by atoms with E-state index >= 15 is 0 Å². The maximum Gasteiger partial charge on any atom is 0.0934 e. The van der Waals surface area contributed by atoms with Gasteiger partial charge in [0.25, 0.3) is 0 Å². The van der Waals surface area contributed by atoms with Gasteiger partial charge in [0.05, 0.1) is 9.94 Å². The van der Waals surface area contributed by atoms with Crippen LogP contribution in [0.5, 0.6) is 0 Å². The van der Waals surface area contributed by atoms with Crippen molar-refractivity contribution in [2.75, 3.05) is 6.54 Å². The second kappa shape index (κ2) is 5.96. The van der Waals surface area contributed by atoms with Crippen LogP contribution in [-0.4, -0.2) is 17.3 Å². The normalized spacial score (nSPS) is 34.0. The first-order valence-corrected chi connectivity index (χ1v) is 8.99. The highest BCUT2D eigenvalue weighted by Gasteiger charge is 2.33. The van der Waals surface area contributed by atoms with Gasteiger partial charge in [0, 0.05) is 17.5 Å². The Morgan fingerprint density at radius 1 is 1.45 bits per heavy atom. The van der Waals surface area contributed by atoms with E-state index in [0.29, 0.717) is 12.0 Å². The molecular weight excluding hydrogens is 290 g/mol. The molecule has 3 rings (SSSR count). The summed E-state index contributed by atoms with van der Waals surface area (Å²) in [4.78, 5) is 1.43. The summed E-state index contributed by atoms with van der Waals surface area (Å²) in [5.74, 6) is 0.646. The number of nitrogens with one attached hydrogen (secondary N) is 1. The highest BCUT2D eigenvalue weighted by Crippen LogP contribution is 2.38. The molecule has 1 aromatic heterocycles. The summed E-state index contributed by atoms with van der Waals surface area (Å²) in [5, 5.41) is 14.4. The Hall–Kier alpha value is -0.0900. The lowest BCUT2D eigenvalue weighted by Gasteiger charge is -2.37. The van der Waals surface area contributed by atoms with Crippen molar-refractivity contribution in [2.24, 2.45) is 5.92 Å². The van der Waals surface area contributed by atoms with E-state index in [1.54, 1.807) is 11.3 Å². The smallest absolute Gasteiger partial charge is 0.0934 e. The fraction of sp³-hybridized carbons (Fsp3) is 0.750. The SMILES string of the molecule is CC1CCCC(O)(CNC2CCCc3sc(Cl)cc32)C1. The highest BCUT2D eigenvalue weighted by molar-refractivity contribution is 7.16. The van der Waals surface area contributed by atoms with Crippen molar-refractivity contribution in [1.29, 1.82) is 0 Å². The van der Waals surface area contributed by atoms with Gasteiger partial charge in [-0.2, -0.15) is 0 Å². The lowest BCUT2D eigenvalue weighted by atomic mass is 9.78. The Kier molecular flexibility index (Phi) is 4.42. The van der Waals surface area contributed by atoms with Gasteiger partial charge in [0.15, 0.2) is 0 Å². The topological polar surface area (TPSA) is 32.3 Å². The number of thiophene rings is 1. The third-order valence-corrected chi connectivity index (χ3v) is 6.17. The molecule has 1 heterocycles. The van der Waals surface area contributed by atoms with Gasteiger partial charge in [-0.05, 0) is 49.7 Å². The number of rotatable bonds is 3. The van der Waals surface area contributed by atoms with Crippen LogP contribution in [0.3, 0.4) is 0 Å². The van der Waals surface area contributed by atoms with Crippen LogP contribution in [0.25, 0.3) is 0 Å². The standard InChI is InChI=1S/C16H24ClNOS/c1-11-4-3-7-16(19,9-11)10-18-13-5-2-6-14-12(13)8-15(17)20-14/h8,11,13,18-19H,2-7,9-10H2,1H3. The van der Waals surface area contributed by atoms with E-state index in [4.69, 9.17) is 11.6 Å². The van der Waals surface area contributed by atoms with Crippen LogP contribution in [0, 0.1) is 5.92 Å². The van der Waals surface area contributed by atoms with Crippen LogP contribution in [0.1, 0.15) is 61.9 Å². The molecule has 20 heavy (non-hydrogen) atoms. The van der Waals surface area contributed by atoms with Crippen LogP contribution >= 0.6 is 22.9 Å². The monoisotopic (exact) mass is 313 g/mol. The maximum absolute atomic E-state index is 10.7. The van der Waals surface area contributed by atoms with Gasteiger partial charge in [-0.25, -0.2) is 0 Å². The van der Waals surface area contributed by atoms with Crippen molar-refractivity contribution in [3.05, 3.63) is 20.8 Å². The second-order valence-electron chi connectivity index (χ2n) is 6.68. The molecule has 0 radical (unpaired) electrons. The first kappa shape index (κ1) is 14.8. The second-order valence-corrected chi connectivity index (χ2v) is 8.45. The van der Waals surface area contributed by atoms with Crippen molar-refractivity contribution in [2.45, 2.75) is 63.5 Å². The number of fused-ring (bicyclic) bond motifs is 1. The fourth-order valence-electron chi connectivity index (χ4n) is 3.84. The Morgan fingerprint density at radius 3 is 3.10 bits per heavy atom. The van der Waals surface area contributed by atoms with Gasteiger partial charge in [0.1, 0.15) is 0 Å². The quantitative estimate of drug-likeness (QED) is 0.871. The molecule has 0 bridgehead atoms. The average molecular weight is 314 g/mol. The van der Waals surface area contributed by atoms with Crippen molar-refractivity contribution in [3.63, 3.8) is 0 Å². The molecule has 2 nitrogen and oxygen atoms in total. The fourth-order valence-corrected chi connectivity index (χ4v) is 5.22.